The molecule has 0 saturated heterocycles. The van der Waals surface area contributed by atoms with E-state index in [1.54, 1.807) is 16.0 Å². The van der Waals surface area contributed by atoms with Crippen molar-refractivity contribution in [2.75, 3.05) is 5.32 Å². The van der Waals surface area contributed by atoms with Crippen LogP contribution in [-0.2, 0) is 11.4 Å². The normalized spacial score (nSPS) is 15.2. The predicted molar refractivity (Wildman–Crippen MR) is 134 cm³/mol. The zero-order valence-corrected chi connectivity index (χ0v) is 19.4. The number of fused-ring (bicyclic) bond motifs is 2. The van der Waals surface area contributed by atoms with E-state index in [9.17, 15) is 4.79 Å². The van der Waals surface area contributed by atoms with E-state index < -0.39 is 0 Å². The summed E-state index contributed by atoms with van der Waals surface area (Å²) in [5.74, 6) is 1.40. The lowest BCUT2D eigenvalue weighted by Crippen LogP contribution is -2.24. The molecule has 6 nitrogen and oxygen atoms in total. The van der Waals surface area contributed by atoms with Gasteiger partial charge in [0.05, 0.1) is 16.4 Å². The number of carbonyl (C=O) groups excluding carboxylic acids is 1. The molecule has 1 amide bonds. The topological polar surface area (TPSA) is 69.0 Å². The van der Waals surface area contributed by atoms with Crippen molar-refractivity contribution >= 4 is 33.3 Å². The first kappa shape index (κ1) is 20.6. The molecule has 7 heteroatoms. The summed E-state index contributed by atoms with van der Waals surface area (Å²) >= 11 is 1.55. The average Bonchev–Trinajstić information content (AvgIpc) is 3.47. The monoisotopic (exact) mass is 466 g/mol. The van der Waals surface area contributed by atoms with Crippen LogP contribution >= 0.6 is 11.3 Å². The zero-order chi connectivity index (χ0) is 23.1. The van der Waals surface area contributed by atoms with Crippen LogP contribution in [0.1, 0.15) is 34.6 Å². The number of anilines is 1. The van der Waals surface area contributed by atoms with Gasteiger partial charge >= 0.3 is 0 Å². The van der Waals surface area contributed by atoms with Gasteiger partial charge in [-0.05, 0) is 42.3 Å². The smallest absolute Gasteiger partial charge is 0.226 e. The van der Waals surface area contributed by atoms with Gasteiger partial charge in [0.25, 0.3) is 0 Å². The van der Waals surface area contributed by atoms with Crippen LogP contribution in [0.3, 0.4) is 0 Å². The van der Waals surface area contributed by atoms with Crippen molar-refractivity contribution in [2.45, 2.75) is 25.9 Å². The molecule has 1 aliphatic heterocycles. The molecule has 0 bridgehead atoms. The average molecular weight is 467 g/mol. The molecule has 0 unspecified atom stereocenters. The molecule has 3 aromatic carbocycles. The highest BCUT2D eigenvalue weighted by Crippen LogP contribution is 2.39. The van der Waals surface area contributed by atoms with Gasteiger partial charge < -0.3 is 10.1 Å². The van der Waals surface area contributed by atoms with E-state index in [2.05, 4.69) is 41.6 Å². The minimum Gasteiger partial charge on any atom is -0.489 e. The number of benzene rings is 3. The maximum absolute atomic E-state index is 12.6. The first-order valence-electron chi connectivity index (χ1n) is 11.2. The van der Waals surface area contributed by atoms with Gasteiger partial charge in [0.1, 0.15) is 18.2 Å². The molecule has 168 valence electrons. The summed E-state index contributed by atoms with van der Waals surface area (Å²) in [7, 11) is 0. The highest BCUT2D eigenvalue weighted by molar-refractivity contribution is 7.20. The third-order valence-corrected chi connectivity index (χ3v) is 7.10. The molecular weight excluding hydrogens is 444 g/mol. The quantitative estimate of drug-likeness (QED) is 0.353. The predicted octanol–water partition coefficient (Wildman–Crippen LogP) is 5.84. The first-order chi connectivity index (χ1) is 16.6. The SMILES string of the molecule is Cc1ccc(COc2ccc([C@@H]3CC(=O)Nc4c3cnn4-c3nc4ccccc4s3)cc2)cc1. The van der Waals surface area contributed by atoms with Crippen molar-refractivity contribution in [2.24, 2.45) is 0 Å². The van der Waals surface area contributed by atoms with Crippen LogP contribution in [0.4, 0.5) is 5.82 Å². The highest BCUT2D eigenvalue weighted by atomic mass is 32.1. The Kier molecular flexibility index (Phi) is 5.11. The lowest BCUT2D eigenvalue weighted by Gasteiger charge is -2.23. The molecule has 5 aromatic rings. The third kappa shape index (κ3) is 3.84. The van der Waals surface area contributed by atoms with Crippen molar-refractivity contribution in [3.05, 3.63) is 101 Å². The van der Waals surface area contributed by atoms with Gasteiger partial charge in [0.15, 0.2) is 0 Å². The number of nitrogens with zero attached hydrogens (tertiary/aromatic N) is 3. The summed E-state index contributed by atoms with van der Waals surface area (Å²) in [4.78, 5) is 17.3. The molecule has 3 heterocycles. The maximum atomic E-state index is 12.6. The van der Waals surface area contributed by atoms with Gasteiger partial charge in [-0.3, -0.25) is 4.79 Å². The van der Waals surface area contributed by atoms with Crippen molar-refractivity contribution in [1.82, 2.24) is 14.8 Å². The van der Waals surface area contributed by atoms with Gasteiger partial charge in [-0.1, -0.05) is 65.4 Å². The fourth-order valence-corrected chi connectivity index (χ4v) is 5.19. The van der Waals surface area contributed by atoms with Crippen LogP contribution in [-0.4, -0.2) is 20.7 Å². The van der Waals surface area contributed by atoms with Crippen LogP contribution in [0.25, 0.3) is 15.3 Å². The summed E-state index contributed by atoms with van der Waals surface area (Å²) in [6, 6.07) is 24.3. The molecule has 34 heavy (non-hydrogen) atoms. The van der Waals surface area contributed by atoms with Crippen LogP contribution < -0.4 is 10.1 Å². The molecule has 0 fully saturated rings. The Morgan fingerprint density at radius 3 is 2.65 bits per heavy atom. The van der Waals surface area contributed by atoms with Crippen LogP contribution in [0.15, 0.2) is 79.0 Å². The number of aryl methyl sites for hydroxylation is 1. The lowest BCUT2D eigenvalue weighted by molar-refractivity contribution is -0.116. The number of nitrogens with one attached hydrogen (secondary N) is 1. The summed E-state index contributed by atoms with van der Waals surface area (Å²) in [6.07, 6.45) is 2.22. The van der Waals surface area contributed by atoms with Gasteiger partial charge in [0, 0.05) is 17.9 Å². The Morgan fingerprint density at radius 2 is 1.85 bits per heavy atom. The van der Waals surface area contributed by atoms with Gasteiger partial charge in [-0.15, -0.1) is 0 Å². The number of carbonyl (C=O) groups is 1. The highest BCUT2D eigenvalue weighted by Gasteiger charge is 2.31. The number of hydrogen-bond donors (Lipinski definition) is 1. The summed E-state index contributed by atoms with van der Waals surface area (Å²) in [6.45, 7) is 2.59. The Labute approximate surface area is 200 Å². The van der Waals surface area contributed by atoms with Gasteiger partial charge in [-0.2, -0.15) is 9.78 Å². The van der Waals surface area contributed by atoms with E-state index in [4.69, 9.17) is 9.72 Å². The number of thiazole rings is 1. The van der Waals surface area contributed by atoms with Gasteiger partial charge in [-0.25, -0.2) is 4.98 Å². The molecule has 2 aromatic heterocycles. The Hall–Kier alpha value is -3.97. The second-order valence-corrected chi connectivity index (χ2v) is 9.48. The minimum absolute atomic E-state index is 0.0277. The number of aromatic nitrogens is 3. The van der Waals surface area contributed by atoms with E-state index in [0.717, 1.165) is 37.8 Å². The second kappa shape index (κ2) is 8.43. The summed E-state index contributed by atoms with van der Waals surface area (Å²) in [5.41, 5.74) is 5.34. The third-order valence-electron chi connectivity index (χ3n) is 6.09. The second-order valence-electron chi connectivity index (χ2n) is 8.47. The number of hydrogen-bond acceptors (Lipinski definition) is 5. The van der Waals surface area contributed by atoms with Crippen LogP contribution in [0, 0.1) is 6.92 Å². The maximum Gasteiger partial charge on any atom is 0.226 e. The standard InChI is InChI=1S/C27H22N4O2S/c1-17-6-8-18(9-7-17)16-33-20-12-10-19(11-13-20)21-14-25(32)30-26-22(21)15-28-31(26)27-29-23-4-2-3-5-24(23)34-27/h2-13,15,21H,14,16H2,1H3,(H,30,32)/t21-/m0/s1. The fourth-order valence-electron chi connectivity index (χ4n) is 4.26. The fraction of sp³-hybridized carbons (Fsp3) is 0.148. The Morgan fingerprint density at radius 1 is 1.06 bits per heavy atom. The van der Waals surface area contributed by atoms with E-state index in [1.165, 1.54) is 5.56 Å². The number of rotatable bonds is 5. The molecule has 0 spiro atoms. The Balaban J connectivity index is 1.25. The lowest BCUT2D eigenvalue weighted by atomic mass is 9.87. The zero-order valence-electron chi connectivity index (χ0n) is 18.6. The largest absolute Gasteiger partial charge is 0.489 e. The first-order valence-corrected chi connectivity index (χ1v) is 12.0. The van der Waals surface area contributed by atoms with Crippen molar-refractivity contribution in [3.8, 4) is 10.9 Å². The van der Waals surface area contributed by atoms with Gasteiger partial charge in [0.2, 0.25) is 11.0 Å². The number of amides is 1. The van der Waals surface area contributed by atoms with E-state index in [-0.39, 0.29) is 11.8 Å². The summed E-state index contributed by atoms with van der Waals surface area (Å²) < 4.78 is 8.78. The number of para-hydroxylation sites is 1. The van der Waals surface area contributed by atoms with Crippen molar-refractivity contribution in [1.29, 1.82) is 0 Å². The molecule has 0 radical (unpaired) electrons. The van der Waals surface area contributed by atoms with Crippen LogP contribution in [0.2, 0.25) is 0 Å². The molecular formula is C27H22N4O2S. The van der Waals surface area contributed by atoms with E-state index in [1.807, 2.05) is 54.7 Å². The van der Waals surface area contributed by atoms with Crippen molar-refractivity contribution in [3.63, 3.8) is 0 Å². The number of ether oxygens (including phenoxy) is 1. The molecule has 1 N–H and O–H groups in total. The molecule has 6 rings (SSSR count). The molecule has 0 saturated carbocycles. The molecule has 0 aliphatic carbocycles. The van der Waals surface area contributed by atoms with E-state index >= 15 is 0 Å². The Bertz CT molecular complexity index is 1450. The molecule has 1 aliphatic rings. The summed E-state index contributed by atoms with van der Waals surface area (Å²) in [5, 5.41) is 8.33. The minimum atomic E-state index is -0.0713. The van der Waals surface area contributed by atoms with Crippen molar-refractivity contribution < 1.29 is 9.53 Å². The van der Waals surface area contributed by atoms with E-state index in [0.29, 0.717) is 18.8 Å². The van der Waals surface area contributed by atoms with Crippen LogP contribution in [0.5, 0.6) is 5.75 Å². The molecule has 1 atom stereocenters.